The van der Waals surface area contributed by atoms with E-state index in [9.17, 15) is 31.1 Å². The Morgan fingerprint density at radius 2 is 1.71 bits per heavy atom. The number of nitrogens with zero attached hydrogens (tertiary/aromatic N) is 4. The van der Waals surface area contributed by atoms with Crippen LogP contribution in [-0.4, -0.2) is 32.1 Å². The second kappa shape index (κ2) is 6.65. The van der Waals surface area contributed by atoms with Gasteiger partial charge in [-0.05, 0) is 24.3 Å². The van der Waals surface area contributed by atoms with Crippen molar-refractivity contribution in [2.45, 2.75) is 19.5 Å². The van der Waals surface area contributed by atoms with Crippen LogP contribution in [0.4, 0.5) is 32.0 Å². The molecule has 0 saturated carbocycles. The first kappa shape index (κ1) is 19.4. The van der Waals surface area contributed by atoms with E-state index < -0.39 is 30.0 Å². The number of carbonyl (C=O) groups is 1. The van der Waals surface area contributed by atoms with Crippen LogP contribution >= 0.6 is 0 Å². The van der Waals surface area contributed by atoms with E-state index in [0.717, 1.165) is 30.3 Å². The molecule has 3 aromatic rings. The summed E-state index contributed by atoms with van der Waals surface area (Å²) in [6.07, 6.45) is -9.74. The predicted octanol–water partition coefficient (Wildman–Crippen LogP) is 3.67. The van der Waals surface area contributed by atoms with Crippen LogP contribution in [0.1, 0.15) is 12.7 Å². The molecule has 7 nitrogen and oxygen atoms in total. The summed E-state index contributed by atoms with van der Waals surface area (Å²) >= 11 is 0. The SMILES string of the molecule is CC(=O)Nc1cc2nnc(C(F)(F)F)n2nc1-c1ccc(OC(F)(F)F)cc1. The van der Waals surface area contributed by atoms with Crippen molar-refractivity contribution >= 4 is 17.2 Å². The maximum absolute atomic E-state index is 13.1. The number of rotatable bonds is 3. The molecule has 1 aromatic carbocycles. The second-order valence-electron chi connectivity index (χ2n) is 5.45. The minimum absolute atomic E-state index is 0.00520. The molecule has 0 radical (unpaired) electrons. The van der Waals surface area contributed by atoms with Gasteiger partial charge in [0.2, 0.25) is 5.91 Å². The van der Waals surface area contributed by atoms with Gasteiger partial charge in [-0.1, -0.05) is 0 Å². The van der Waals surface area contributed by atoms with E-state index in [4.69, 9.17) is 0 Å². The highest BCUT2D eigenvalue weighted by Crippen LogP contribution is 2.32. The molecule has 3 rings (SSSR count). The number of anilines is 1. The third-order valence-corrected chi connectivity index (χ3v) is 3.32. The van der Waals surface area contributed by atoms with Gasteiger partial charge in [-0.2, -0.15) is 22.8 Å². The number of alkyl halides is 6. The molecular weight excluding hydrogens is 396 g/mol. The quantitative estimate of drug-likeness (QED) is 0.673. The molecule has 28 heavy (non-hydrogen) atoms. The third-order valence-electron chi connectivity index (χ3n) is 3.32. The molecule has 0 aliphatic heterocycles. The highest BCUT2D eigenvalue weighted by Gasteiger charge is 2.38. The van der Waals surface area contributed by atoms with Crippen molar-refractivity contribution in [1.29, 1.82) is 0 Å². The molecule has 0 fully saturated rings. The molecule has 0 bridgehead atoms. The Balaban J connectivity index is 2.12. The van der Waals surface area contributed by atoms with E-state index in [-0.39, 0.29) is 22.6 Å². The van der Waals surface area contributed by atoms with Gasteiger partial charge in [-0.3, -0.25) is 4.79 Å². The van der Waals surface area contributed by atoms with Crippen molar-refractivity contribution in [3.63, 3.8) is 0 Å². The fraction of sp³-hybridized carbons (Fsp3) is 0.200. The summed E-state index contributed by atoms with van der Waals surface area (Å²) in [5.41, 5.74) is -0.281. The first-order chi connectivity index (χ1) is 12.9. The minimum atomic E-state index is -4.90. The van der Waals surface area contributed by atoms with Gasteiger partial charge in [0, 0.05) is 18.6 Å². The molecule has 2 heterocycles. The largest absolute Gasteiger partial charge is 0.573 e. The second-order valence-corrected chi connectivity index (χ2v) is 5.45. The Hall–Kier alpha value is -3.38. The van der Waals surface area contributed by atoms with Crippen molar-refractivity contribution < 1.29 is 35.9 Å². The smallest absolute Gasteiger partial charge is 0.406 e. The number of hydrogen-bond acceptors (Lipinski definition) is 5. The van der Waals surface area contributed by atoms with E-state index in [1.54, 1.807) is 0 Å². The number of aromatic nitrogens is 4. The molecule has 1 N–H and O–H groups in total. The summed E-state index contributed by atoms with van der Waals surface area (Å²) in [4.78, 5) is 11.4. The maximum atomic E-state index is 13.1. The van der Waals surface area contributed by atoms with Gasteiger partial charge in [0.15, 0.2) is 5.65 Å². The highest BCUT2D eigenvalue weighted by atomic mass is 19.4. The first-order valence-electron chi connectivity index (χ1n) is 7.41. The van der Waals surface area contributed by atoms with Crippen molar-refractivity contribution in [2.75, 3.05) is 5.32 Å². The van der Waals surface area contributed by atoms with Crippen LogP contribution in [0.3, 0.4) is 0 Å². The van der Waals surface area contributed by atoms with Crippen LogP contribution in [0.15, 0.2) is 30.3 Å². The van der Waals surface area contributed by atoms with E-state index in [2.05, 4.69) is 25.3 Å². The molecule has 0 aliphatic carbocycles. The monoisotopic (exact) mass is 405 g/mol. The fourth-order valence-corrected chi connectivity index (χ4v) is 2.32. The molecule has 0 saturated heterocycles. The van der Waals surface area contributed by atoms with Gasteiger partial charge in [-0.25, -0.2) is 0 Å². The lowest BCUT2D eigenvalue weighted by molar-refractivity contribution is -0.274. The average molecular weight is 405 g/mol. The Morgan fingerprint density at radius 1 is 1.07 bits per heavy atom. The van der Waals surface area contributed by atoms with Crippen LogP contribution in [0.5, 0.6) is 5.75 Å². The summed E-state index contributed by atoms with van der Waals surface area (Å²) in [6.45, 7) is 1.17. The van der Waals surface area contributed by atoms with Crippen LogP contribution in [0.2, 0.25) is 0 Å². The molecule has 0 spiro atoms. The predicted molar refractivity (Wildman–Crippen MR) is 82.2 cm³/mol. The molecule has 1 amide bonds. The molecule has 0 aliphatic rings. The average Bonchev–Trinajstić information content (AvgIpc) is 2.96. The van der Waals surface area contributed by atoms with E-state index >= 15 is 0 Å². The topological polar surface area (TPSA) is 81.4 Å². The summed E-state index contributed by atoms with van der Waals surface area (Å²) in [5.74, 6) is -2.46. The number of fused-ring (bicyclic) bond motifs is 1. The number of halogens is 6. The summed E-state index contributed by atoms with van der Waals surface area (Å²) in [6, 6.07) is 5.34. The Morgan fingerprint density at radius 3 is 2.25 bits per heavy atom. The summed E-state index contributed by atoms with van der Waals surface area (Å²) in [5, 5.41) is 12.6. The Kier molecular flexibility index (Phi) is 4.61. The lowest BCUT2D eigenvalue weighted by Gasteiger charge is -2.12. The van der Waals surface area contributed by atoms with E-state index in [0.29, 0.717) is 4.52 Å². The number of carbonyl (C=O) groups excluding carboxylic acids is 1. The summed E-state index contributed by atoms with van der Waals surface area (Å²) < 4.78 is 80.1. The van der Waals surface area contributed by atoms with Gasteiger partial charge >= 0.3 is 12.5 Å². The number of ether oxygens (including phenoxy) is 1. The molecular formula is C15H9F6N5O2. The van der Waals surface area contributed by atoms with Gasteiger partial charge in [-0.15, -0.1) is 23.4 Å². The van der Waals surface area contributed by atoms with Crippen molar-refractivity contribution in [3.8, 4) is 17.0 Å². The third kappa shape index (κ3) is 4.13. The molecule has 13 heteroatoms. The summed E-state index contributed by atoms with van der Waals surface area (Å²) in [7, 11) is 0. The number of nitrogens with one attached hydrogen (secondary N) is 1. The van der Waals surface area contributed by atoms with Gasteiger partial charge in [0.1, 0.15) is 11.4 Å². The lowest BCUT2D eigenvalue weighted by Crippen LogP contribution is -2.17. The van der Waals surface area contributed by atoms with E-state index in [1.165, 1.54) is 6.92 Å². The molecule has 148 valence electrons. The van der Waals surface area contributed by atoms with Crippen LogP contribution in [-0.2, 0) is 11.0 Å². The molecule has 0 atom stereocenters. The van der Waals surface area contributed by atoms with Crippen molar-refractivity contribution in [3.05, 3.63) is 36.2 Å². The van der Waals surface area contributed by atoms with Gasteiger partial charge in [0.05, 0.1) is 5.69 Å². The highest BCUT2D eigenvalue weighted by molar-refractivity contribution is 5.93. The van der Waals surface area contributed by atoms with Crippen molar-refractivity contribution in [1.82, 2.24) is 19.8 Å². The first-order valence-corrected chi connectivity index (χ1v) is 7.41. The minimum Gasteiger partial charge on any atom is -0.406 e. The van der Waals surface area contributed by atoms with Gasteiger partial charge in [0.25, 0.3) is 5.82 Å². The molecule has 2 aromatic heterocycles. The van der Waals surface area contributed by atoms with Crippen LogP contribution in [0.25, 0.3) is 16.9 Å². The van der Waals surface area contributed by atoms with E-state index in [1.807, 2.05) is 0 Å². The maximum Gasteiger partial charge on any atom is 0.573 e. The zero-order valence-electron chi connectivity index (χ0n) is 13.8. The normalized spacial score (nSPS) is 12.2. The zero-order valence-corrected chi connectivity index (χ0v) is 13.8. The zero-order chi connectivity index (χ0) is 20.7. The fourth-order valence-electron chi connectivity index (χ4n) is 2.32. The van der Waals surface area contributed by atoms with Gasteiger partial charge < -0.3 is 10.1 Å². The van der Waals surface area contributed by atoms with Crippen LogP contribution < -0.4 is 10.1 Å². The van der Waals surface area contributed by atoms with Crippen LogP contribution in [0, 0.1) is 0 Å². The number of benzene rings is 1. The standard InChI is InChI=1S/C15H9F6N5O2/c1-7(27)22-10-6-11-23-24-13(14(16,17)18)26(11)25-12(10)8-2-4-9(5-3-8)28-15(19,20)21/h2-6H,1H3,(H,22,27). The lowest BCUT2D eigenvalue weighted by atomic mass is 10.1. The number of hydrogen-bond donors (Lipinski definition) is 1. The Bertz CT molecular complexity index is 1030. The van der Waals surface area contributed by atoms with Crippen molar-refractivity contribution in [2.24, 2.45) is 0 Å². The Labute approximate surface area is 151 Å². The molecule has 0 unspecified atom stereocenters. The number of amides is 1.